The van der Waals surface area contributed by atoms with Gasteiger partial charge in [0.1, 0.15) is 28.4 Å². The number of aromatic nitrogens is 4. The van der Waals surface area contributed by atoms with Crippen LogP contribution in [0.3, 0.4) is 0 Å². The second-order valence-corrected chi connectivity index (χ2v) is 9.26. The van der Waals surface area contributed by atoms with Gasteiger partial charge in [0.25, 0.3) is 5.91 Å². The van der Waals surface area contributed by atoms with Gasteiger partial charge >= 0.3 is 0 Å². The highest BCUT2D eigenvalue weighted by molar-refractivity contribution is 6.32. The van der Waals surface area contributed by atoms with Gasteiger partial charge in [-0.15, -0.1) is 0 Å². The number of aryl methyl sites for hydroxylation is 1. The van der Waals surface area contributed by atoms with Crippen molar-refractivity contribution < 1.29 is 9.53 Å². The summed E-state index contributed by atoms with van der Waals surface area (Å²) in [6, 6.07) is 8.55. The molecule has 1 aliphatic rings. The Morgan fingerprint density at radius 1 is 1.09 bits per heavy atom. The maximum atomic E-state index is 13.8. The molecule has 4 rings (SSSR count). The summed E-state index contributed by atoms with van der Waals surface area (Å²) in [5, 5.41) is 0.514. The normalized spacial score (nSPS) is 20.5. The molecule has 33 heavy (non-hydrogen) atoms. The summed E-state index contributed by atoms with van der Waals surface area (Å²) in [6.07, 6.45) is 4.12. The van der Waals surface area contributed by atoms with E-state index >= 15 is 0 Å². The van der Waals surface area contributed by atoms with Crippen LogP contribution in [0.5, 0.6) is 5.75 Å². The third-order valence-corrected chi connectivity index (χ3v) is 6.41. The van der Waals surface area contributed by atoms with Crippen LogP contribution in [0.15, 0.2) is 42.7 Å². The van der Waals surface area contributed by atoms with Crippen LogP contribution in [0.2, 0.25) is 10.3 Å². The average molecular weight is 486 g/mol. The molecule has 1 fully saturated rings. The molecule has 1 aliphatic heterocycles. The maximum Gasteiger partial charge on any atom is 0.273 e. The summed E-state index contributed by atoms with van der Waals surface area (Å²) < 4.78 is 6.00. The van der Waals surface area contributed by atoms with E-state index in [1.54, 1.807) is 30.6 Å². The Morgan fingerprint density at radius 3 is 2.48 bits per heavy atom. The van der Waals surface area contributed by atoms with Gasteiger partial charge in [-0.05, 0) is 43.4 Å². The number of likely N-dealkylation sites (tertiary alicyclic amines) is 1. The topological polar surface area (TPSA) is 81.1 Å². The summed E-state index contributed by atoms with van der Waals surface area (Å²) in [7, 11) is 0. The Balaban J connectivity index is 1.63. The van der Waals surface area contributed by atoms with E-state index in [0.29, 0.717) is 47.8 Å². The maximum absolute atomic E-state index is 13.8. The number of carbonyl (C=O) groups excluding carboxylic acids is 1. The molecule has 0 saturated carbocycles. The molecule has 0 radical (unpaired) electrons. The SMILES string of the molecule is Cc1ccc(-c2ncccn2)c(C(=O)N2CC(C)[C@@H](C)C[C@H]2COc2cc(Cl)nc(Cl)c2)n1. The third-order valence-electron chi connectivity index (χ3n) is 6.02. The van der Waals surface area contributed by atoms with E-state index in [1.807, 2.05) is 24.0 Å². The molecule has 3 aromatic heterocycles. The van der Waals surface area contributed by atoms with Crippen molar-refractivity contribution in [3.05, 3.63) is 64.4 Å². The fraction of sp³-hybridized carbons (Fsp3) is 0.375. The van der Waals surface area contributed by atoms with Gasteiger partial charge in [0.2, 0.25) is 0 Å². The number of pyridine rings is 2. The van der Waals surface area contributed by atoms with Crippen LogP contribution in [0.4, 0.5) is 0 Å². The standard InChI is InChI=1S/C24H25Cl2N5O2/c1-14-9-17(13-33-18-10-20(25)30-21(26)11-18)31(12-15(14)2)24(32)22-19(6-5-16(3)29-22)23-27-7-4-8-28-23/h4-8,10-11,14-15,17H,9,12-13H2,1-3H3/t14-,15?,17-/m0/s1. The molecule has 1 saturated heterocycles. The fourth-order valence-corrected chi connectivity index (χ4v) is 4.47. The van der Waals surface area contributed by atoms with E-state index < -0.39 is 0 Å². The molecular weight excluding hydrogens is 461 g/mol. The number of halogens is 2. The van der Waals surface area contributed by atoms with E-state index in [-0.39, 0.29) is 22.3 Å². The number of nitrogens with zero attached hydrogens (tertiary/aromatic N) is 5. The summed E-state index contributed by atoms with van der Waals surface area (Å²) in [4.78, 5) is 32.9. The minimum Gasteiger partial charge on any atom is -0.491 e. The average Bonchev–Trinajstić information content (AvgIpc) is 2.79. The molecule has 1 amide bonds. The lowest BCUT2D eigenvalue weighted by Crippen LogP contribution is -2.51. The Bertz CT molecular complexity index is 1120. The number of carbonyl (C=O) groups is 1. The molecule has 1 unspecified atom stereocenters. The molecule has 172 valence electrons. The molecule has 3 atom stereocenters. The Labute approximate surface area is 203 Å². The van der Waals surface area contributed by atoms with Gasteiger partial charge in [0.05, 0.1) is 11.6 Å². The van der Waals surface area contributed by atoms with Crippen LogP contribution in [-0.4, -0.2) is 49.9 Å². The molecule has 3 aromatic rings. The van der Waals surface area contributed by atoms with Gasteiger partial charge < -0.3 is 9.64 Å². The molecule has 0 N–H and O–H groups in total. The van der Waals surface area contributed by atoms with Gasteiger partial charge in [-0.1, -0.05) is 37.0 Å². The Hall–Kier alpha value is -2.77. The molecule has 0 aromatic carbocycles. The zero-order chi connectivity index (χ0) is 23.5. The number of ether oxygens (including phenoxy) is 1. The van der Waals surface area contributed by atoms with Crippen molar-refractivity contribution in [2.45, 2.75) is 33.2 Å². The van der Waals surface area contributed by atoms with Crippen LogP contribution in [-0.2, 0) is 0 Å². The number of hydrogen-bond acceptors (Lipinski definition) is 6. The second kappa shape index (κ2) is 10.0. The minimum absolute atomic E-state index is 0.138. The van der Waals surface area contributed by atoms with Crippen LogP contribution in [0.25, 0.3) is 11.4 Å². The summed E-state index contributed by atoms with van der Waals surface area (Å²) in [6.45, 7) is 7.15. The molecular formula is C24H25Cl2N5O2. The van der Waals surface area contributed by atoms with Crippen molar-refractivity contribution in [1.82, 2.24) is 24.8 Å². The number of rotatable bonds is 5. The fourth-order valence-electron chi connectivity index (χ4n) is 4.03. The van der Waals surface area contributed by atoms with Crippen molar-refractivity contribution >= 4 is 29.1 Å². The predicted molar refractivity (Wildman–Crippen MR) is 128 cm³/mol. The smallest absolute Gasteiger partial charge is 0.273 e. The first-order chi connectivity index (χ1) is 15.8. The molecule has 0 bridgehead atoms. The Morgan fingerprint density at radius 2 is 1.79 bits per heavy atom. The largest absolute Gasteiger partial charge is 0.491 e. The highest BCUT2D eigenvalue weighted by Gasteiger charge is 2.36. The lowest BCUT2D eigenvalue weighted by atomic mass is 9.84. The predicted octanol–water partition coefficient (Wildman–Crippen LogP) is 5.11. The van der Waals surface area contributed by atoms with Crippen molar-refractivity contribution in [1.29, 1.82) is 0 Å². The van der Waals surface area contributed by atoms with Crippen molar-refractivity contribution in [2.24, 2.45) is 11.8 Å². The van der Waals surface area contributed by atoms with Crippen molar-refractivity contribution in [3.63, 3.8) is 0 Å². The highest BCUT2D eigenvalue weighted by atomic mass is 35.5. The molecule has 0 aliphatic carbocycles. The van der Waals surface area contributed by atoms with Gasteiger partial charge in [-0.2, -0.15) is 0 Å². The minimum atomic E-state index is -0.153. The number of amides is 1. The number of hydrogen-bond donors (Lipinski definition) is 0. The van der Waals surface area contributed by atoms with Crippen molar-refractivity contribution in [3.8, 4) is 17.1 Å². The molecule has 9 heteroatoms. The van der Waals surface area contributed by atoms with Crippen LogP contribution < -0.4 is 4.74 Å². The summed E-state index contributed by atoms with van der Waals surface area (Å²) in [5.74, 6) is 1.62. The van der Waals surface area contributed by atoms with E-state index in [9.17, 15) is 4.79 Å². The van der Waals surface area contributed by atoms with Crippen molar-refractivity contribution in [2.75, 3.05) is 13.2 Å². The molecule has 0 spiro atoms. The van der Waals surface area contributed by atoms with Gasteiger partial charge in [-0.3, -0.25) is 4.79 Å². The summed E-state index contributed by atoms with van der Waals surface area (Å²) >= 11 is 12.0. The zero-order valence-electron chi connectivity index (χ0n) is 18.7. The zero-order valence-corrected chi connectivity index (χ0v) is 20.2. The van der Waals surface area contributed by atoms with E-state index in [2.05, 4.69) is 33.8 Å². The molecule has 4 heterocycles. The first-order valence-electron chi connectivity index (χ1n) is 10.8. The lowest BCUT2D eigenvalue weighted by Gasteiger charge is -2.41. The summed E-state index contributed by atoms with van der Waals surface area (Å²) in [5.41, 5.74) is 1.72. The van der Waals surface area contributed by atoms with Crippen LogP contribution in [0, 0.1) is 18.8 Å². The quantitative estimate of drug-likeness (QED) is 0.466. The Kier molecular flexibility index (Phi) is 7.10. The van der Waals surface area contributed by atoms with E-state index in [0.717, 1.165) is 12.1 Å². The first-order valence-corrected chi connectivity index (χ1v) is 11.6. The highest BCUT2D eigenvalue weighted by Crippen LogP contribution is 2.31. The van der Waals surface area contributed by atoms with Crippen LogP contribution >= 0.6 is 23.2 Å². The first kappa shape index (κ1) is 23.4. The van der Waals surface area contributed by atoms with Gasteiger partial charge in [0.15, 0.2) is 5.82 Å². The number of piperidine rings is 1. The molecule has 7 nitrogen and oxygen atoms in total. The van der Waals surface area contributed by atoms with Gasteiger partial charge in [0, 0.05) is 36.8 Å². The third kappa shape index (κ3) is 5.42. The van der Waals surface area contributed by atoms with Gasteiger partial charge in [-0.25, -0.2) is 19.9 Å². The van der Waals surface area contributed by atoms with E-state index in [1.165, 1.54) is 0 Å². The monoisotopic (exact) mass is 485 g/mol. The van der Waals surface area contributed by atoms with Crippen LogP contribution in [0.1, 0.15) is 36.5 Å². The lowest BCUT2D eigenvalue weighted by molar-refractivity contribution is 0.0323. The van der Waals surface area contributed by atoms with E-state index in [4.69, 9.17) is 27.9 Å². The second-order valence-electron chi connectivity index (χ2n) is 8.48.